The molecule has 0 atom stereocenters. The molecule has 1 aromatic rings. The van der Waals surface area contributed by atoms with Crippen molar-refractivity contribution in [2.75, 3.05) is 19.5 Å². The van der Waals surface area contributed by atoms with Gasteiger partial charge in [0, 0.05) is 18.1 Å². The molecule has 1 aromatic carbocycles. The first-order chi connectivity index (χ1) is 6.22. The largest absolute Gasteiger partial charge is 0.495 e. The number of halogens is 1. The number of benzene rings is 1. The third-order valence-corrected chi connectivity index (χ3v) is 2.37. The third-order valence-electron chi connectivity index (χ3n) is 2.02. The van der Waals surface area contributed by atoms with Crippen LogP contribution in [0.5, 0.6) is 5.75 Å². The summed E-state index contributed by atoms with van der Waals surface area (Å²) in [6.07, 6.45) is 0.928. The highest BCUT2D eigenvalue weighted by Gasteiger charge is 2.06. The zero-order valence-corrected chi connectivity index (χ0v) is 8.90. The second-order valence-electron chi connectivity index (χ2n) is 2.75. The number of hydrogen-bond acceptors (Lipinski definition) is 2. The number of aryl methyl sites for hydroxylation is 1. The van der Waals surface area contributed by atoms with Crippen LogP contribution in [0.3, 0.4) is 0 Å². The van der Waals surface area contributed by atoms with E-state index in [0.717, 1.165) is 28.4 Å². The van der Waals surface area contributed by atoms with Crippen LogP contribution in [0, 0.1) is 0 Å². The van der Waals surface area contributed by atoms with E-state index in [2.05, 4.69) is 12.2 Å². The Morgan fingerprint density at radius 1 is 1.46 bits per heavy atom. The van der Waals surface area contributed by atoms with Gasteiger partial charge >= 0.3 is 0 Å². The standard InChI is InChI=1S/C10H14ClNO/c1-4-7-5-9(12-2)10(13-3)6-8(7)11/h5-6,12H,4H2,1-3H3. The molecular formula is C10H14ClNO. The predicted octanol–water partition coefficient (Wildman–Crippen LogP) is 2.95. The lowest BCUT2D eigenvalue weighted by Crippen LogP contribution is -1.95. The quantitative estimate of drug-likeness (QED) is 0.808. The molecule has 0 radical (unpaired) electrons. The SMILES string of the molecule is CCc1cc(NC)c(OC)cc1Cl. The Kier molecular flexibility index (Phi) is 3.43. The molecule has 0 saturated carbocycles. The fourth-order valence-electron chi connectivity index (χ4n) is 1.24. The molecule has 0 aliphatic rings. The van der Waals surface area contributed by atoms with Crippen molar-refractivity contribution < 1.29 is 4.74 Å². The van der Waals surface area contributed by atoms with E-state index in [1.807, 2.05) is 19.2 Å². The molecule has 1 rings (SSSR count). The molecule has 0 spiro atoms. The summed E-state index contributed by atoms with van der Waals surface area (Å²) in [4.78, 5) is 0. The predicted molar refractivity (Wildman–Crippen MR) is 56.9 cm³/mol. The molecule has 0 bridgehead atoms. The van der Waals surface area contributed by atoms with Crippen LogP contribution >= 0.6 is 11.6 Å². The fourth-order valence-corrected chi connectivity index (χ4v) is 1.52. The van der Waals surface area contributed by atoms with Crippen LogP contribution in [0.2, 0.25) is 5.02 Å². The topological polar surface area (TPSA) is 21.3 Å². The van der Waals surface area contributed by atoms with Crippen molar-refractivity contribution in [3.8, 4) is 5.75 Å². The average Bonchev–Trinajstić information content (AvgIpc) is 2.17. The summed E-state index contributed by atoms with van der Waals surface area (Å²) in [5.74, 6) is 0.782. The van der Waals surface area contributed by atoms with Crippen LogP contribution in [-0.4, -0.2) is 14.2 Å². The highest BCUT2D eigenvalue weighted by Crippen LogP contribution is 2.31. The van der Waals surface area contributed by atoms with E-state index in [1.54, 1.807) is 7.11 Å². The number of rotatable bonds is 3. The van der Waals surface area contributed by atoms with Gasteiger partial charge in [0.05, 0.1) is 12.8 Å². The Labute approximate surface area is 83.9 Å². The molecule has 3 heteroatoms. The second kappa shape index (κ2) is 4.38. The van der Waals surface area contributed by atoms with Crippen LogP contribution in [0.15, 0.2) is 12.1 Å². The van der Waals surface area contributed by atoms with Gasteiger partial charge in [0.25, 0.3) is 0 Å². The molecule has 0 aliphatic carbocycles. The lowest BCUT2D eigenvalue weighted by Gasteiger charge is -2.10. The highest BCUT2D eigenvalue weighted by atomic mass is 35.5. The van der Waals surface area contributed by atoms with E-state index in [4.69, 9.17) is 16.3 Å². The number of hydrogen-bond donors (Lipinski definition) is 1. The summed E-state index contributed by atoms with van der Waals surface area (Å²) in [6.45, 7) is 2.08. The highest BCUT2D eigenvalue weighted by molar-refractivity contribution is 6.31. The van der Waals surface area contributed by atoms with Crippen molar-refractivity contribution in [1.82, 2.24) is 0 Å². The molecule has 0 unspecified atom stereocenters. The zero-order valence-electron chi connectivity index (χ0n) is 8.15. The van der Waals surface area contributed by atoms with Gasteiger partial charge in [-0.1, -0.05) is 18.5 Å². The lowest BCUT2D eigenvalue weighted by molar-refractivity contribution is 0.416. The first-order valence-corrected chi connectivity index (χ1v) is 4.64. The van der Waals surface area contributed by atoms with E-state index in [1.165, 1.54) is 0 Å². The Balaban J connectivity index is 3.18. The first-order valence-electron chi connectivity index (χ1n) is 4.27. The number of anilines is 1. The smallest absolute Gasteiger partial charge is 0.143 e. The van der Waals surface area contributed by atoms with Gasteiger partial charge in [-0.15, -0.1) is 0 Å². The minimum atomic E-state index is 0.762. The van der Waals surface area contributed by atoms with Crippen molar-refractivity contribution in [2.24, 2.45) is 0 Å². The Bertz CT molecular complexity index is 299. The maximum atomic E-state index is 6.03. The molecule has 0 aromatic heterocycles. The van der Waals surface area contributed by atoms with Crippen molar-refractivity contribution in [3.63, 3.8) is 0 Å². The molecule has 0 amide bonds. The van der Waals surface area contributed by atoms with E-state index in [0.29, 0.717) is 0 Å². The molecule has 2 nitrogen and oxygen atoms in total. The number of ether oxygens (including phenoxy) is 1. The molecule has 0 heterocycles. The van der Waals surface area contributed by atoms with Gasteiger partial charge in [-0.2, -0.15) is 0 Å². The second-order valence-corrected chi connectivity index (χ2v) is 3.15. The number of methoxy groups -OCH3 is 1. The summed E-state index contributed by atoms with van der Waals surface area (Å²) in [6, 6.07) is 3.85. The van der Waals surface area contributed by atoms with E-state index >= 15 is 0 Å². The lowest BCUT2D eigenvalue weighted by atomic mass is 10.1. The van der Waals surface area contributed by atoms with Gasteiger partial charge in [-0.05, 0) is 18.1 Å². The van der Waals surface area contributed by atoms with Gasteiger partial charge in [0.1, 0.15) is 5.75 Å². The normalized spacial score (nSPS) is 9.85. The maximum absolute atomic E-state index is 6.03. The van der Waals surface area contributed by atoms with E-state index in [9.17, 15) is 0 Å². The first kappa shape index (κ1) is 10.2. The van der Waals surface area contributed by atoms with Gasteiger partial charge in [0.15, 0.2) is 0 Å². The monoisotopic (exact) mass is 199 g/mol. The van der Waals surface area contributed by atoms with Crippen molar-refractivity contribution in [1.29, 1.82) is 0 Å². The summed E-state index contributed by atoms with van der Waals surface area (Å²) < 4.78 is 5.17. The van der Waals surface area contributed by atoms with Crippen LogP contribution < -0.4 is 10.1 Å². The Hall–Kier alpha value is -0.890. The van der Waals surface area contributed by atoms with Crippen molar-refractivity contribution in [3.05, 3.63) is 22.7 Å². The van der Waals surface area contributed by atoms with Crippen molar-refractivity contribution in [2.45, 2.75) is 13.3 Å². The summed E-state index contributed by atoms with van der Waals surface area (Å²) in [7, 11) is 3.50. The minimum absolute atomic E-state index is 0.762. The molecule has 0 saturated heterocycles. The number of nitrogens with one attached hydrogen (secondary N) is 1. The Morgan fingerprint density at radius 3 is 2.62 bits per heavy atom. The minimum Gasteiger partial charge on any atom is -0.495 e. The van der Waals surface area contributed by atoms with E-state index in [-0.39, 0.29) is 0 Å². The van der Waals surface area contributed by atoms with Gasteiger partial charge in [0.2, 0.25) is 0 Å². The van der Waals surface area contributed by atoms with Crippen LogP contribution in [0.4, 0.5) is 5.69 Å². The van der Waals surface area contributed by atoms with Gasteiger partial charge in [-0.25, -0.2) is 0 Å². The maximum Gasteiger partial charge on any atom is 0.143 e. The molecular weight excluding hydrogens is 186 g/mol. The molecule has 72 valence electrons. The molecule has 13 heavy (non-hydrogen) atoms. The Morgan fingerprint density at radius 2 is 2.15 bits per heavy atom. The molecule has 0 aliphatic heterocycles. The summed E-state index contributed by atoms with van der Waals surface area (Å²) in [5.41, 5.74) is 2.11. The summed E-state index contributed by atoms with van der Waals surface area (Å²) in [5, 5.41) is 3.83. The molecule has 1 N–H and O–H groups in total. The molecule has 0 fully saturated rings. The fraction of sp³-hybridized carbons (Fsp3) is 0.400. The van der Waals surface area contributed by atoms with Gasteiger partial charge < -0.3 is 10.1 Å². The summed E-state index contributed by atoms with van der Waals surface area (Å²) >= 11 is 6.03. The average molecular weight is 200 g/mol. The van der Waals surface area contributed by atoms with Crippen LogP contribution in [0.25, 0.3) is 0 Å². The van der Waals surface area contributed by atoms with Crippen molar-refractivity contribution >= 4 is 17.3 Å². The van der Waals surface area contributed by atoms with E-state index < -0.39 is 0 Å². The van der Waals surface area contributed by atoms with Crippen LogP contribution in [-0.2, 0) is 6.42 Å². The van der Waals surface area contributed by atoms with Crippen LogP contribution in [0.1, 0.15) is 12.5 Å². The third kappa shape index (κ3) is 2.07. The van der Waals surface area contributed by atoms with Gasteiger partial charge in [-0.3, -0.25) is 0 Å². The zero-order chi connectivity index (χ0) is 9.84.